The molecule has 2 aromatic rings. The summed E-state index contributed by atoms with van der Waals surface area (Å²) < 4.78 is 18.7. The van der Waals surface area contributed by atoms with Gasteiger partial charge in [-0.05, 0) is 25.0 Å². The van der Waals surface area contributed by atoms with E-state index in [0.29, 0.717) is 13.2 Å². The summed E-state index contributed by atoms with van der Waals surface area (Å²) in [6, 6.07) is 20.3. The highest BCUT2D eigenvalue weighted by molar-refractivity contribution is 5.16. The van der Waals surface area contributed by atoms with Gasteiger partial charge in [0.05, 0.1) is 19.3 Å². The van der Waals surface area contributed by atoms with Crippen LogP contribution in [0.2, 0.25) is 0 Å². The summed E-state index contributed by atoms with van der Waals surface area (Å²) in [4.78, 5) is 2.26. The molecule has 28 heavy (non-hydrogen) atoms. The zero-order chi connectivity index (χ0) is 19.6. The minimum atomic E-state index is -0.646. The molecule has 0 amide bonds. The molecule has 0 spiro atoms. The lowest BCUT2D eigenvalue weighted by molar-refractivity contribution is -0.167. The number of aliphatic hydroxyl groups is 1. The van der Waals surface area contributed by atoms with Crippen LogP contribution in [0.4, 0.5) is 0 Å². The van der Waals surface area contributed by atoms with E-state index in [-0.39, 0.29) is 31.0 Å². The summed E-state index contributed by atoms with van der Waals surface area (Å²) >= 11 is 0. The SMILES string of the molecule is CC1(C)O[C@@H]2[C@@H](OCc3ccccc3)[C@H](CO)N(Cc3ccccc3)C[C@@H]2O1. The molecular weight excluding hydrogens is 354 g/mol. The van der Waals surface area contributed by atoms with E-state index in [1.807, 2.05) is 62.4 Å². The lowest BCUT2D eigenvalue weighted by Crippen LogP contribution is -2.62. The Morgan fingerprint density at radius 3 is 2.29 bits per heavy atom. The normalized spacial score (nSPS) is 29.5. The van der Waals surface area contributed by atoms with Gasteiger partial charge < -0.3 is 19.3 Å². The molecule has 5 heteroatoms. The van der Waals surface area contributed by atoms with Gasteiger partial charge >= 0.3 is 0 Å². The second-order valence-corrected chi connectivity index (χ2v) is 8.06. The van der Waals surface area contributed by atoms with E-state index in [1.54, 1.807) is 0 Å². The zero-order valence-electron chi connectivity index (χ0n) is 16.5. The second-order valence-electron chi connectivity index (χ2n) is 8.06. The lowest BCUT2D eigenvalue weighted by Gasteiger charge is -2.44. The highest BCUT2D eigenvalue weighted by Crippen LogP contribution is 2.37. The van der Waals surface area contributed by atoms with Crippen molar-refractivity contribution in [2.75, 3.05) is 13.2 Å². The summed E-state index contributed by atoms with van der Waals surface area (Å²) in [5.41, 5.74) is 2.31. The van der Waals surface area contributed by atoms with E-state index in [0.717, 1.165) is 12.1 Å². The van der Waals surface area contributed by atoms with Crippen molar-refractivity contribution in [2.45, 2.75) is 57.1 Å². The summed E-state index contributed by atoms with van der Waals surface area (Å²) in [5.74, 6) is -0.646. The first-order chi connectivity index (χ1) is 13.6. The molecule has 4 atom stereocenters. The summed E-state index contributed by atoms with van der Waals surface area (Å²) in [5, 5.41) is 10.2. The fraction of sp³-hybridized carbons (Fsp3) is 0.478. The van der Waals surface area contributed by atoms with Crippen LogP contribution in [0.15, 0.2) is 60.7 Å². The maximum absolute atomic E-state index is 10.2. The average molecular weight is 383 g/mol. The Kier molecular flexibility index (Phi) is 5.80. The fourth-order valence-electron chi connectivity index (χ4n) is 4.27. The molecule has 2 aliphatic rings. The second kappa shape index (κ2) is 8.31. The van der Waals surface area contributed by atoms with Crippen LogP contribution < -0.4 is 0 Å². The predicted molar refractivity (Wildman–Crippen MR) is 107 cm³/mol. The third-order valence-corrected chi connectivity index (χ3v) is 5.51. The number of piperidine rings is 1. The molecule has 150 valence electrons. The van der Waals surface area contributed by atoms with Gasteiger partial charge in [-0.25, -0.2) is 0 Å². The first kappa shape index (κ1) is 19.6. The number of likely N-dealkylation sites (tertiary alicyclic amines) is 1. The van der Waals surface area contributed by atoms with Crippen molar-refractivity contribution in [1.82, 2.24) is 4.90 Å². The number of benzene rings is 2. The molecule has 2 saturated heterocycles. The molecule has 1 N–H and O–H groups in total. The van der Waals surface area contributed by atoms with Crippen molar-refractivity contribution < 1.29 is 19.3 Å². The monoisotopic (exact) mass is 383 g/mol. The Hall–Kier alpha value is -1.76. The zero-order valence-corrected chi connectivity index (χ0v) is 16.5. The first-order valence-corrected chi connectivity index (χ1v) is 9.96. The van der Waals surface area contributed by atoms with Gasteiger partial charge in [0.2, 0.25) is 0 Å². The Balaban J connectivity index is 1.55. The minimum Gasteiger partial charge on any atom is -0.395 e. The molecule has 0 radical (unpaired) electrons. The highest BCUT2D eigenvalue weighted by Gasteiger charge is 2.53. The van der Waals surface area contributed by atoms with Crippen LogP contribution in [0.3, 0.4) is 0 Å². The van der Waals surface area contributed by atoms with E-state index in [1.165, 1.54) is 5.56 Å². The average Bonchev–Trinajstić information content (AvgIpc) is 3.01. The van der Waals surface area contributed by atoms with Gasteiger partial charge in [-0.2, -0.15) is 0 Å². The number of fused-ring (bicyclic) bond motifs is 1. The van der Waals surface area contributed by atoms with Crippen LogP contribution in [-0.4, -0.2) is 53.3 Å². The van der Waals surface area contributed by atoms with Crippen LogP contribution in [-0.2, 0) is 27.4 Å². The third kappa shape index (κ3) is 4.29. The Morgan fingerprint density at radius 2 is 1.64 bits per heavy atom. The molecule has 2 fully saturated rings. The molecule has 4 rings (SSSR count). The maximum atomic E-state index is 10.2. The third-order valence-electron chi connectivity index (χ3n) is 5.51. The van der Waals surface area contributed by atoms with Gasteiger partial charge in [0.15, 0.2) is 5.79 Å². The van der Waals surface area contributed by atoms with Crippen molar-refractivity contribution in [3.8, 4) is 0 Å². The van der Waals surface area contributed by atoms with Gasteiger partial charge in [0.1, 0.15) is 18.3 Å². The number of hydrogen-bond donors (Lipinski definition) is 1. The minimum absolute atomic E-state index is 0.0132. The van der Waals surface area contributed by atoms with Crippen LogP contribution >= 0.6 is 0 Å². The number of rotatable bonds is 6. The van der Waals surface area contributed by atoms with Crippen molar-refractivity contribution in [3.05, 3.63) is 71.8 Å². The maximum Gasteiger partial charge on any atom is 0.163 e. The summed E-state index contributed by atoms with van der Waals surface area (Å²) in [7, 11) is 0. The van der Waals surface area contributed by atoms with Gasteiger partial charge in [0, 0.05) is 13.1 Å². The van der Waals surface area contributed by atoms with E-state index in [2.05, 4.69) is 17.0 Å². The smallest absolute Gasteiger partial charge is 0.163 e. The molecule has 0 unspecified atom stereocenters. The first-order valence-electron chi connectivity index (χ1n) is 9.96. The fourth-order valence-corrected chi connectivity index (χ4v) is 4.27. The number of aliphatic hydroxyl groups excluding tert-OH is 1. The quantitative estimate of drug-likeness (QED) is 0.831. The lowest BCUT2D eigenvalue weighted by atomic mass is 9.93. The molecule has 2 aromatic carbocycles. The Labute approximate surface area is 166 Å². The molecule has 2 aliphatic heterocycles. The molecule has 0 aromatic heterocycles. The standard InChI is InChI=1S/C23H29NO4/c1-23(2)27-20-14-24(13-17-9-5-3-6-10-17)19(15-25)21(22(20)28-23)26-16-18-11-7-4-8-12-18/h3-12,19-22,25H,13-16H2,1-2H3/t19-,20-,21-,22-/m0/s1. The van der Waals surface area contributed by atoms with Gasteiger partial charge in [-0.15, -0.1) is 0 Å². The Bertz CT molecular complexity index is 752. The summed E-state index contributed by atoms with van der Waals surface area (Å²) in [6.45, 7) is 5.82. The van der Waals surface area contributed by atoms with Crippen molar-refractivity contribution >= 4 is 0 Å². The van der Waals surface area contributed by atoms with Gasteiger partial charge in [0.25, 0.3) is 0 Å². The topological polar surface area (TPSA) is 51.2 Å². The van der Waals surface area contributed by atoms with Gasteiger partial charge in [-0.3, -0.25) is 4.90 Å². The predicted octanol–water partition coefficient (Wildman–Crippen LogP) is 2.97. The molecule has 0 saturated carbocycles. The molecule has 5 nitrogen and oxygen atoms in total. The number of nitrogens with zero attached hydrogens (tertiary/aromatic N) is 1. The molecule has 0 aliphatic carbocycles. The number of ether oxygens (including phenoxy) is 3. The van der Waals surface area contributed by atoms with Crippen molar-refractivity contribution in [1.29, 1.82) is 0 Å². The van der Waals surface area contributed by atoms with Crippen LogP contribution in [0.5, 0.6) is 0 Å². The van der Waals surface area contributed by atoms with Crippen LogP contribution in [0.1, 0.15) is 25.0 Å². The van der Waals surface area contributed by atoms with E-state index in [4.69, 9.17) is 14.2 Å². The van der Waals surface area contributed by atoms with Crippen molar-refractivity contribution in [2.24, 2.45) is 0 Å². The van der Waals surface area contributed by atoms with E-state index in [9.17, 15) is 5.11 Å². The van der Waals surface area contributed by atoms with Crippen LogP contribution in [0, 0.1) is 0 Å². The van der Waals surface area contributed by atoms with E-state index >= 15 is 0 Å². The van der Waals surface area contributed by atoms with Crippen molar-refractivity contribution in [3.63, 3.8) is 0 Å². The van der Waals surface area contributed by atoms with Crippen LogP contribution in [0.25, 0.3) is 0 Å². The summed E-state index contributed by atoms with van der Waals surface area (Å²) in [6.07, 6.45) is -0.542. The van der Waals surface area contributed by atoms with E-state index < -0.39 is 5.79 Å². The molecular formula is C23H29NO4. The Morgan fingerprint density at radius 1 is 1.00 bits per heavy atom. The molecule has 0 bridgehead atoms. The highest BCUT2D eigenvalue weighted by atomic mass is 16.8. The van der Waals surface area contributed by atoms with Gasteiger partial charge in [-0.1, -0.05) is 60.7 Å². The molecule has 2 heterocycles. The number of hydrogen-bond acceptors (Lipinski definition) is 5. The largest absolute Gasteiger partial charge is 0.395 e.